The third-order valence-electron chi connectivity index (χ3n) is 3.21. The predicted molar refractivity (Wildman–Crippen MR) is 77.1 cm³/mol. The molecule has 1 unspecified atom stereocenters. The van der Waals surface area contributed by atoms with Gasteiger partial charge in [-0.05, 0) is 25.8 Å². The smallest absolute Gasteiger partial charge is 0.315 e. The first kappa shape index (κ1) is 14.9. The predicted octanol–water partition coefficient (Wildman–Crippen LogP) is 2.23. The van der Waals surface area contributed by atoms with Crippen LogP contribution < -0.4 is 15.4 Å². The van der Waals surface area contributed by atoms with Gasteiger partial charge in [-0.2, -0.15) is 0 Å². The number of amides is 2. The maximum Gasteiger partial charge on any atom is 0.315 e. The number of fused-ring (bicyclic) bond motifs is 1. The van der Waals surface area contributed by atoms with Crippen molar-refractivity contribution in [1.29, 1.82) is 0 Å². The summed E-state index contributed by atoms with van der Waals surface area (Å²) in [4.78, 5) is 11.9. The zero-order chi connectivity index (χ0) is 14.5. The van der Waals surface area contributed by atoms with Gasteiger partial charge in [0.2, 0.25) is 0 Å². The molecule has 0 aromatic heterocycles. The number of aliphatic hydroxyl groups excluding tert-OH is 1. The van der Waals surface area contributed by atoms with E-state index in [4.69, 9.17) is 21.4 Å². The van der Waals surface area contributed by atoms with E-state index in [2.05, 4.69) is 10.6 Å². The molecule has 0 aliphatic carbocycles. The number of para-hydroxylation sites is 1. The first-order chi connectivity index (χ1) is 9.61. The number of hydrogen-bond acceptors (Lipinski definition) is 3. The first-order valence-electron chi connectivity index (χ1n) is 6.71. The molecule has 2 rings (SSSR count). The van der Waals surface area contributed by atoms with Crippen molar-refractivity contribution in [3.8, 4) is 5.75 Å². The fraction of sp³-hybridized carbons (Fsp3) is 0.500. The highest BCUT2D eigenvalue weighted by molar-refractivity contribution is 6.32. The number of hydrogen-bond donors (Lipinski definition) is 3. The highest BCUT2D eigenvalue weighted by Crippen LogP contribution is 2.36. The third-order valence-corrected chi connectivity index (χ3v) is 3.51. The highest BCUT2D eigenvalue weighted by Gasteiger charge is 2.23. The molecule has 2 amide bonds. The van der Waals surface area contributed by atoms with Crippen molar-refractivity contribution < 1.29 is 14.6 Å². The Hall–Kier alpha value is -1.46. The maximum absolute atomic E-state index is 11.9. The van der Waals surface area contributed by atoms with Crippen LogP contribution in [-0.2, 0) is 0 Å². The van der Waals surface area contributed by atoms with Gasteiger partial charge in [-0.3, -0.25) is 0 Å². The first-order valence-corrected chi connectivity index (χ1v) is 7.08. The van der Waals surface area contributed by atoms with E-state index in [0.717, 1.165) is 18.4 Å². The third kappa shape index (κ3) is 3.55. The van der Waals surface area contributed by atoms with E-state index in [1.165, 1.54) is 0 Å². The molecule has 0 saturated carbocycles. The summed E-state index contributed by atoms with van der Waals surface area (Å²) in [7, 11) is 0. The molecule has 20 heavy (non-hydrogen) atoms. The van der Waals surface area contributed by atoms with Gasteiger partial charge >= 0.3 is 6.03 Å². The van der Waals surface area contributed by atoms with Gasteiger partial charge in [-0.15, -0.1) is 0 Å². The molecule has 1 aromatic carbocycles. The summed E-state index contributed by atoms with van der Waals surface area (Å²) in [6.07, 6.45) is 1.62. The average Bonchev–Trinajstić information content (AvgIpc) is 2.62. The van der Waals surface area contributed by atoms with E-state index >= 15 is 0 Å². The minimum absolute atomic E-state index is 0.0936. The maximum atomic E-state index is 11.9. The molecule has 110 valence electrons. The number of halogens is 1. The van der Waals surface area contributed by atoms with Gasteiger partial charge in [0, 0.05) is 5.56 Å². The SMILES string of the molecule is C[C@@H](CO)NC(=O)NC1CCCOc2c(Cl)cccc21. The topological polar surface area (TPSA) is 70.6 Å². The van der Waals surface area contributed by atoms with Gasteiger partial charge in [0.15, 0.2) is 0 Å². The largest absolute Gasteiger partial charge is 0.492 e. The highest BCUT2D eigenvalue weighted by atomic mass is 35.5. The molecule has 0 fully saturated rings. The molecular weight excluding hydrogens is 280 g/mol. The van der Waals surface area contributed by atoms with Gasteiger partial charge in [0.25, 0.3) is 0 Å². The molecule has 1 aliphatic rings. The molecule has 0 spiro atoms. The number of urea groups is 1. The Labute approximate surface area is 123 Å². The lowest BCUT2D eigenvalue weighted by atomic mass is 10.0. The standard InChI is InChI=1S/C14H19ClN2O3/c1-9(8-18)16-14(19)17-12-6-3-7-20-13-10(12)4-2-5-11(13)15/h2,4-5,9,12,18H,3,6-8H2,1H3,(H2,16,17,19)/t9-,12?/m0/s1. The van der Waals surface area contributed by atoms with Gasteiger partial charge in [0.05, 0.1) is 30.3 Å². The van der Waals surface area contributed by atoms with E-state index in [0.29, 0.717) is 17.4 Å². The molecule has 2 atom stereocenters. The van der Waals surface area contributed by atoms with Crippen molar-refractivity contribution in [2.45, 2.75) is 31.8 Å². The lowest BCUT2D eigenvalue weighted by molar-refractivity contribution is 0.217. The number of nitrogens with one attached hydrogen (secondary N) is 2. The zero-order valence-electron chi connectivity index (χ0n) is 11.4. The number of rotatable bonds is 3. The Kier molecular flexibility index (Phi) is 5.09. The van der Waals surface area contributed by atoms with Crippen LogP contribution in [0.25, 0.3) is 0 Å². The molecule has 0 bridgehead atoms. The van der Waals surface area contributed by atoms with Crippen LogP contribution in [0, 0.1) is 0 Å². The van der Waals surface area contributed by atoms with Crippen molar-refractivity contribution >= 4 is 17.6 Å². The lowest BCUT2D eigenvalue weighted by Gasteiger charge is -2.20. The Morgan fingerprint density at radius 2 is 2.40 bits per heavy atom. The minimum Gasteiger partial charge on any atom is -0.492 e. The normalized spacial score (nSPS) is 19.2. The summed E-state index contributed by atoms with van der Waals surface area (Å²) < 4.78 is 5.65. The van der Waals surface area contributed by atoms with Crippen LogP contribution in [0.15, 0.2) is 18.2 Å². The molecule has 0 saturated heterocycles. The quantitative estimate of drug-likeness (QED) is 0.801. The average molecular weight is 299 g/mol. The van der Waals surface area contributed by atoms with Gasteiger partial charge in [-0.1, -0.05) is 23.7 Å². The van der Waals surface area contributed by atoms with E-state index in [1.54, 1.807) is 13.0 Å². The fourth-order valence-corrected chi connectivity index (χ4v) is 2.43. The van der Waals surface area contributed by atoms with E-state index in [1.807, 2.05) is 12.1 Å². The number of carbonyl (C=O) groups excluding carboxylic acids is 1. The van der Waals surface area contributed by atoms with E-state index < -0.39 is 0 Å². The van der Waals surface area contributed by atoms with Gasteiger partial charge < -0.3 is 20.5 Å². The Morgan fingerprint density at radius 3 is 3.15 bits per heavy atom. The zero-order valence-corrected chi connectivity index (χ0v) is 12.1. The van der Waals surface area contributed by atoms with Crippen LogP contribution in [0.5, 0.6) is 5.75 Å². The number of carbonyl (C=O) groups is 1. The van der Waals surface area contributed by atoms with Crippen LogP contribution in [0.2, 0.25) is 5.02 Å². The van der Waals surface area contributed by atoms with Crippen LogP contribution in [0.3, 0.4) is 0 Å². The molecule has 1 heterocycles. The van der Waals surface area contributed by atoms with Crippen molar-refractivity contribution in [3.63, 3.8) is 0 Å². The lowest BCUT2D eigenvalue weighted by Crippen LogP contribution is -2.43. The van der Waals surface area contributed by atoms with Crippen molar-refractivity contribution in [2.75, 3.05) is 13.2 Å². The second kappa shape index (κ2) is 6.81. The molecule has 0 radical (unpaired) electrons. The summed E-state index contributed by atoms with van der Waals surface area (Å²) in [5, 5.41) is 15.1. The molecular formula is C14H19ClN2O3. The Balaban J connectivity index is 2.13. The monoisotopic (exact) mass is 298 g/mol. The second-order valence-corrected chi connectivity index (χ2v) is 5.31. The van der Waals surface area contributed by atoms with Gasteiger partial charge in [0.1, 0.15) is 5.75 Å². The van der Waals surface area contributed by atoms with Gasteiger partial charge in [-0.25, -0.2) is 4.79 Å². The molecule has 1 aromatic rings. The molecule has 5 nitrogen and oxygen atoms in total. The van der Waals surface area contributed by atoms with E-state index in [-0.39, 0.29) is 24.7 Å². The second-order valence-electron chi connectivity index (χ2n) is 4.90. The molecule has 3 N–H and O–H groups in total. The summed E-state index contributed by atoms with van der Waals surface area (Å²) in [5.74, 6) is 0.646. The molecule has 1 aliphatic heterocycles. The van der Waals surface area contributed by atoms with E-state index in [9.17, 15) is 4.79 Å². The van der Waals surface area contributed by atoms with Crippen molar-refractivity contribution in [3.05, 3.63) is 28.8 Å². The summed E-state index contributed by atoms with van der Waals surface area (Å²) in [6, 6.07) is 4.81. The fourth-order valence-electron chi connectivity index (χ4n) is 2.19. The Bertz CT molecular complexity index is 481. The van der Waals surface area contributed by atoms with Crippen LogP contribution in [0.1, 0.15) is 31.4 Å². The summed E-state index contributed by atoms with van der Waals surface area (Å²) >= 11 is 6.14. The minimum atomic E-state index is -0.302. The number of benzene rings is 1. The summed E-state index contributed by atoms with van der Waals surface area (Å²) in [6.45, 7) is 2.23. The van der Waals surface area contributed by atoms with Crippen molar-refractivity contribution in [2.24, 2.45) is 0 Å². The number of ether oxygens (including phenoxy) is 1. The summed E-state index contributed by atoms with van der Waals surface area (Å²) in [5.41, 5.74) is 0.891. The van der Waals surface area contributed by atoms with Crippen molar-refractivity contribution in [1.82, 2.24) is 10.6 Å². The Morgan fingerprint density at radius 1 is 1.60 bits per heavy atom. The molecule has 6 heteroatoms. The van der Waals surface area contributed by atoms with Crippen LogP contribution >= 0.6 is 11.6 Å². The number of aliphatic hydroxyl groups is 1. The van der Waals surface area contributed by atoms with Crippen LogP contribution in [0.4, 0.5) is 4.79 Å². The van der Waals surface area contributed by atoms with Crippen LogP contribution in [-0.4, -0.2) is 30.4 Å².